The van der Waals surface area contributed by atoms with Gasteiger partial charge in [-0.05, 0) is 37.8 Å². The van der Waals surface area contributed by atoms with E-state index in [1.54, 1.807) is 0 Å². The molecule has 2 nitrogen and oxygen atoms in total. The van der Waals surface area contributed by atoms with Gasteiger partial charge in [-0.2, -0.15) is 0 Å². The van der Waals surface area contributed by atoms with Crippen LogP contribution in [0.5, 0.6) is 0 Å². The van der Waals surface area contributed by atoms with Gasteiger partial charge in [-0.15, -0.1) is 0 Å². The first-order chi connectivity index (χ1) is 7.77. The second-order valence-electron chi connectivity index (χ2n) is 5.40. The average Bonchev–Trinajstić information content (AvgIpc) is 2.69. The smallest absolute Gasteiger partial charge is 0.0218 e. The van der Waals surface area contributed by atoms with E-state index in [-0.39, 0.29) is 0 Å². The van der Waals surface area contributed by atoms with Crippen LogP contribution in [0.1, 0.15) is 52.9 Å². The first-order valence-electron chi connectivity index (χ1n) is 7.22. The predicted octanol–water partition coefficient (Wildman–Crippen LogP) is 2.79. The highest BCUT2D eigenvalue weighted by Gasteiger charge is 2.21. The van der Waals surface area contributed by atoms with Gasteiger partial charge < -0.3 is 10.6 Å². The molecule has 1 aliphatic heterocycles. The zero-order chi connectivity index (χ0) is 11.8. The average molecular weight is 226 g/mol. The molecule has 1 heterocycles. The van der Waals surface area contributed by atoms with Crippen molar-refractivity contribution in [2.24, 2.45) is 11.8 Å². The summed E-state index contributed by atoms with van der Waals surface area (Å²) < 4.78 is 0. The first kappa shape index (κ1) is 14.0. The summed E-state index contributed by atoms with van der Waals surface area (Å²) >= 11 is 0. The Kier molecular flexibility index (Phi) is 7.06. The van der Waals surface area contributed by atoms with Crippen LogP contribution in [0, 0.1) is 11.8 Å². The Morgan fingerprint density at radius 1 is 1.38 bits per heavy atom. The van der Waals surface area contributed by atoms with E-state index in [4.69, 9.17) is 0 Å². The Morgan fingerprint density at radius 2 is 2.19 bits per heavy atom. The topological polar surface area (TPSA) is 24.1 Å². The lowest BCUT2D eigenvalue weighted by molar-refractivity contribution is 0.386. The van der Waals surface area contributed by atoms with Gasteiger partial charge >= 0.3 is 0 Å². The number of rotatable bonds is 8. The molecular formula is C14H30N2. The monoisotopic (exact) mass is 226 g/mol. The molecule has 0 bridgehead atoms. The van der Waals surface area contributed by atoms with E-state index in [0.29, 0.717) is 6.04 Å². The lowest BCUT2D eigenvalue weighted by atomic mass is 9.98. The maximum absolute atomic E-state index is 3.66. The Bertz CT molecular complexity index is 170. The van der Waals surface area contributed by atoms with Gasteiger partial charge in [0.05, 0.1) is 0 Å². The van der Waals surface area contributed by atoms with Crippen LogP contribution >= 0.6 is 0 Å². The van der Waals surface area contributed by atoms with Gasteiger partial charge in [0.15, 0.2) is 0 Å². The zero-order valence-electron chi connectivity index (χ0n) is 11.4. The van der Waals surface area contributed by atoms with Gasteiger partial charge in [-0.1, -0.05) is 40.0 Å². The maximum Gasteiger partial charge on any atom is 0.0218 e. The Morgan fingerprint density at radius 3 is 2.75 bits per heavy atom. The molecule has 0 amide bonds. The fraction of sp³-hybridized carbons (Fsp3) is 1.00. The third kappa shape index (κ3) is 4.84. The van der Waals surface area contributed by atoms with E-state index in [9.17, 15) is 0 Å². The molecule has 2 heteroatoms. The van der Waals surface area contributed by atoms with E-state index in [2.05, 4.69) is 31.4 Å². The van der Waals surface area contributed by atoms with E-state index in [1.165, 1.54) is 45.2 Å². The molecule has 0 aromatic rings. The molecule has 0 aromatic carbocycles. The Balaban J connectivity index is 2.08. The molecule has 0 aliphatic carbocycles. The van der Waals surface area contributed by atoms with E-state index < -0.39 is 0 Å². The van der Waals surface area contributed by atoms with Crippen molar-refractivity contribution in [1.29, 1.82) is 0 Å². The lowest BCUT2D eigenvalue weighted by Gasteiger charge is -2.20. The summed E-state index contributed by atoms with van der Waals surface area (Å²) in [5, 5.41) is 7.23. The van der Waals surface area contributed by atoms with Crippen molar-refractivity contribution in [3.8, 4) is 0 Å². The van der Waals surface area contributed by atoms with Crippen LogP contribution < -0.4 is 10.6 Å². The summed E-state index contributed by atoms with van der Waals surface area (Å²) in [5.41, 5.74) is 0. The lowest BCUT2D eigenvalue weighted by Crippen LogP contribution is -2.38. The van der Waals surface area contributed by atoms with Crippen LogP contribution in [0.2, 0.25) is 0 Å². The van der Waals surface area contributed by atoms with Gasteiger partial charge in [0.2, 0.25) is 0 Å². The van der Waals surface area contributed by atoms with Crippen LogP contribution in [0.3, 0.4) is 0 Å². The molecule has 0 saturated carbocycles. The van der Waals surface area contributed by atoms with Crippen molar-refractivity contribution in [3.63, 3.8) is 0 Å². The van der Waals surface area contributed by atoms with Gasteiger partial charge in [0.25, 0.3) is 0 Å². The fourth-order valence-corrected chi connectivity index (χ4v) is 2.56. The fourth-order valence-electron chi connectivity index (χ4n) is 2.56. The minimum absolute atomic E-state index is 0.712. The minimum atomic E-state index is 0.712. The van der Waals surface area contributed by atoms with E-state index in [1.807, 2.05) is 0 Å². The second-order valence-corrected chi connectivity index (χ2v) is 5.40. The van der Waals surface area contributed by atoms with Crippen molar-refractivity contribution >= 4 is 0 Å². The zero-order valence-corrected chi connectivity index (χ0v) is 11.4. The third-order valence-electron chi connectivity index (χ3n) is 4.03. The highest BCUT2D eigenvalue weighted by atomic mass is 15.0. The second kappa shape index (κ2) is 8.08. The van der Waals surface area contributed by atoms with E-state index in [0.717, 1.165) is 18.4 Å². The largest absolute Gasteiger partial charge is 0.315 e. The summed E-state index contributed by atoms with van der Waals surface area (Å²) in [6.07, 6.45) is 6.78. The van der Waals surface area contributed by atoms with Crippen molar-refractivity contribution in [3.05, 3.63) is 0 Å². The molecule has 0 spiro atoms. The number of hydrogen-bond acceptors (Lipinski definition) is 2. The molecule has 1 saturated heterocycles. The van der Waals surface area contributed by atoms with Crippen molar-refractivity contribution in [2.45, 2.75) is 58.9 Å². The molecular weight excluding hydrogens is 196 g/mol. The summed E-state index contributed by atoms with van der Waals surface area (Å²) in [4.78, 5) is 0. The molecule has 0 radical (unpaired) electrons. The Hall–Kier alpha value is -0.0800. The summed E-state index contributed by atoms with van der Waals surface area (Å²) in [7, 11) is 0. The van der Waals surface area contributed by atoms with Crippen LogP contribution in [0.25, 0.3) is 0 Å². The standard InChI is InChI=1S/C14H30N2/c1-4-6-7-13(5-2)10-15-11-14-12(3)8-9-16-14/h12-16H,4-11H2,1-3H3. The SMILES string of the molecule is CCCCC(CC)CNCC1NCCC1C. The van der Waals surface area contributed by atoms with Crippen LogP contribution in [0.15, 0.2) is 0 Å². The number of hydrogen-bond donors (Lipinski definition) is 2. The molecule has 1 rings (SSSR count). The van der Waals surface area contributed by atoms with Gasteiger partial charge in [-0.25, -0.2) is 0 Å². The molecule has 3 unspecified atom stereocenters. The van der Waals surface area contributed by atoms with E-state index >= 15 is 0 Å². The maximum atomic E-state index is 3.66. The highest BCUT2D eigenvalue weighted by Crippen LogP contribution is 2.14. The first-order valence-corrected chi connectivity index (χ1v) is 7.22. The van der Waals surface area contributed by atoms with Gasteiger partial charge in [0.1, 0.15) is 0 Å². The quantitative estimate of drug-likeness (QED) is 0.665. The summed E-state index contributed by atoms with van der Waals surface area (Å²) in [6, 6.07) is 0.712. The minimum Gasteiger partial charge on any atom is -0.315 e. The van der Waals surface area contributed by atoms with Crippen molar-refractivity contribution in [2.75, 3.05) is 19.6 Å². The molecule has 0 aromatic heterocycles. The van der Waals surface area contributed by atoms with Crippen LogP contribution in [-0.4, -0.2) is 25.7 Å². The number of nitrogens with one attached hydrogen (secondary N) is 2. The Labute approximate surface area is 102 Å². The normalized spacial score (nSPS) is 27.2. The molecule has 1 fully saturated rings. The highest BCUT2D eigenvalue weighted by molar-refractivity contribution is 4.82. The van der Waals surface area contributed by atoms with Crippen LogP contribution in [-0.2, 0) is 0 Å². The predicted molar refractivity (Wildman–Crippen MR) is 71.7 cm³/mol. The molecule has 2 N–H and O–H groups in total. The van der Waals surface area contributed by atoms with Gasteiger partial charge in [-0.3, -0.25) is 0 Å². The molecule has 96 valence electrons. The molecule has 16 heavy (non-hydrogen) atoms. The third-order valence-corrected chi connectivity index (χ3v) is 4.03. The van der Waals surface area contributed by atoms with Crippen LogP contribution in [0.4, 0.5) is 0 Å². The van der Waals surface area contributed by atoms with Crippen molar-refractivity contribution < 1.29 is 0 Å². The summed E-state index contributed by atoms with van der Waals surface area (Å²) in [6.45, 7) is 10.5. The molecule has 1 aliphatic rings. The summed E-state index contributed by atoms with van der Waals surface area (Å²) in [5.74, 6) is 1.74. The van der Waals surface area contributed by atoms with Gasteiger partial charge in [0, 0.05) is 12.6 Å². The van der Waals surface area contributed by atoms with Crippen molar-refractivity contribution in [1.82, 2.24) is 10.6 Å². The molecule has 3 atom stereocenters. The number of unbranched alkanes of at least 4 members (excludes halogenated alkanes) is 1.